The van der Waals surface area contributed by atoms with Gasteiger partial charge in [-0.25, -0.2) is 0 Å². The van der Waals surface area contributed by atoms with E-state index in [1.54, 1.807) is 0 Å². The fraction of sp³-hybridized carbons (Fsp3) is 0.500. The first-order chi connectivity index (χ1) is 8.27. The molecule has 17 heavy (non-hydrogen) atoms. The molecule has 2 N–H and O–H groups in total. The molecule has 0 saturated heterocycles. The van der Waals surface area contributed by atoms with Gasteiger partial charge in [0.25, 0.3) is 0 Å². The van der Waals surface area contributed by atoms with Gasteiger partial charge < -0.3 is 10.5 Å². The number of carbonyl (C=O) groups excluding carboxylic acids is 1. The summed E-state index contributed by atoms with van der Waals surface area (Å²) in [6, 6.07) is 9.24. The summed E-state index contributed by atoms with van der Waals surface area (Å²) in [5.41, 5.74) is 6.91. The summed E-state index contributed by atoms with van der Waals surface area (Å²) in [4.78, 5) is 11.8. The van der Waals surface area contributed by atoms with E-state index < -0.39 is 6.04 Å². The third-order valence-electron chi connectivity index (χ3n) is 3.40. The molecule has 2 rings (SSSR count). The average molecular weight is 233 g/mol. The summed E-state index contributed by atoms with van der Waals surface area (Å²) >= 11 is 0. The number of nitrogens with two attached hydrogens (primary N) is 1. The minimum Gasteiger partial charge on any atom is -0.460 e. The van der Waals surface area contributed by atoms with Crippen LogP contribution in [0.1, 0.15) is 31.2 Å². The van der Waals surface area contributed by atoms with Crippen molar-refractivity contribution in [3.63, 3.8) is 0 Å². The lowest BCUT2D eigenvalue weighted by Gasteiger charge is -2.17. The quantitative estimate of drug-likeness (QED) is 0.811. The molecule has 1 aromatic carbocycles. The molecule has 1 aromatic rings. The van der Waals surface area contributed by atoms with Crippen LogP contribution in [-0.2, 0) is 16.1 Å². The van der Waals surface area contributed by atoms with Crippen LogP contribution in [0.5, 0.6) is 0 Å². The second-order valence-electron chi connectivity index (χ2n) is 4.66. The molecule has 3 heteroatoms. The molecule has 1 fully saturated rings. The predicted octanol–water partition coefficient (Wildman–Crippen LogP) is 2.25. The number of rotatable bonds is 4. The van der Waals surface area contributed by atoms with Crippen molar-refractivity contribution in [1.82, 2.24) is 0 Å². The molecule has 0 bridgehead atoms. The number of esters is 1. The van der Waals surface area contributed by atoms with E-state index in [0.717, 1.165) is 18.4 Å². The van der Waals surface area contributed by atoms with Crippen LogP contribution in [0.15, 0.2) is 30.3 Å². The maximum absolute atomic E-state index is 11.8. The van der Waals surface area contributed by atoms with Crippen LogP contribution >= 0.6 is 0 Å². The molecular formula is C14H19NO2. The SMILES string of the molecule is NC(C(=O)OCc1ccccc1)C1CCCC1. The molecule has 0 amide bonds. The summed E-state index contributed by atoms with van der Waals surface area (Å²) in [7, 11) is 0. The minimum absolute atomic E-state index is 0.263. The fourth-order valence-electron chi connectivity index (χ4n) is 2.33. The first-order valence-electron chi connectivity index (χ1n) is 6.23. The average Bonchev–Trinajstić information content (AvgIpc) is 2.90. The smallest absolute Gasteiger partial charge is 0.323 e. The molecule has 1 saturated carbocycles. The van der Waals surface area contributed by atoms with Crippen molar-refractivity contribution in [2.45, 2.75) is 38.3 Å². The van der Waals surface area contributed by atoms with Crippen LogP contribution in [-0.4, -0.2) is 12.0 Å². The first-order valence-corrected chi connectivity index (χ1v) is 6.23. The Hall–Kier alpha value is -1.35. The fourth-order valence-corrected chi connectivity index (χ4v) is 2.33. The van der Waals surface area contributed by atoms with Gasteiger partial charge >= 0.3 is 5.97 Å². The number of ether oxygens (including phenoxy) is 1. The molecule has 0 aromatic heterocycles. The van der Waals surface area contributed by atoms with Gasteiger partial charge in [-0.3, -0.25) is 4.79 Å². The van der Waals surface area contributed by atoms with Crippen molar-refractivity contribution >= 4 is 5.97 Å². The van der Waals surface area contributed by atoms with Gasteiger partial charge in [0.05, 0.1) is 0 Å². The van der Waals surface area contributed by atoms with Crippen molar-refractivity contribution < 1.29 is 9.53 Å². The lowest BCUT2D eigenvalue weighted by Crippen LogP contribution is -2.38. The Kier molecular flexibility index (Phi) is 4.15. The van der Waals surface area contributed by atoms with Crippen LogP contribution in [0, 0.1) is 5.92 Å². The Morgan fingerprint density at radius 1 is 1.29 bits per heavy atom. The summed E-state index contributed by atoms with van der Waals surface area (Å²) < 4.78 is 5.24. The molecule has 0 heterocycles. The Balaban J connectivity index is 1.80. The van der Waals surface area contributed by atoms with Gasteiger partial charge in [0.1, 0.15) is 12.6 Å². The molecule has 0 radical (unpaired) electrons. The van der Waals surface area contributed by atoms with Gasteiger partial charge in [0.15, 0.2) is 0 Å². The summed E-state index contributed by atoms with van der Waals surface area (Å²) in [5, 5.41) is 0. The maximum Gasteiger partial charge on any atom is 0.323 e. The maximum atomic E-state index is 11.8. The van der Waals surface area contributed by atoms with Crippen molar-refractivity contribution in [2.24, 2.45) is 11.7 Å². The number of hydrogen-bond acceptors (Lipinski definition) is 3. The first kappa shape index (κ1) is 12.1. The molecular weight excluding hydrogens is 214 g/mol. The van der Waals surface area contributed by atoms with E-state index in [4.69, 9.17) is 10.5 Å². The molecule has 92 valence electrons. The van der Waals surface area contributed by atoms with Gasteiger partial charge in [-0.15, -0.1) is 0 Å². The second-order valence-corrected chi connectivity index (χ2v) is 4.66. The highest BCUT2D eigenvalue weighted by Gasteiger charge is 2.28. The topological polar surface area (TPSA) is 52.3 Å². The monoisotopic (exact) mass is 233 g/mol. The van der Waals surface area contributed by atoms with E-state index in [1.165, 1.54) is 12.8 Å². The van der Waals surface area contributed by atoms with Crippen molar-refractivity contribution in [1.29, 1.82) is 0 Å². The van der Waals surface area contributed by atoms with Crippen LogP contribution in [0.4, 0.5) is 0 Å². The number of carbonyl (C=O) groups is 1. The van der Waals surface area contributed by atoms with E-state index in [1.807, 2.05) is 30.3 Å². The van der Waals surface area contributed by atoms with Gasteiger partial charge in [0.2, 0.25) is 0 Å². The molecule has 1 aliphatic rings. The zero-order chi connectivity index (χ0) is 12.1. The van der Waals surface area contributed by atoms with Gasteiger partial charge in [-0.05, 0) is 24.3 Å². The molecule has 0 spiro atoms. The summed E-state index contributed by atoms with van der Waals surface area (Å²) in [6.07, 6.45) is 4.48. The largest absolute Gasteiger partial charge is 0.460 e. The molecule has 3 nitrogen and oxygen atoms in total. The zero-order valence-corrected chi connectivity index (χ0v) is 9.97. The standard InChI is InChI=1S/C14H19NO2/c15-13(12-8-4-5-9-12)14(16)17-10-11-6-2-1-3-7-11/h1-3,6-7,12-13H,4-5,8-10,15H2. The summed E-state index contributed by atoms with van der Waals surface area (Å²) in [5.74, 6) is 0.0547. The van der Waals surface area contributed by atoms with E-state index in [0.29, 0.717) is 12.5 Å². The molecule has 1 unspecified atom stereocenters. The Bertz CT molecular complexity index is 358. The van der Waals surface area contributed by atoms with Crippen LogP contribution in [0.25, 0.3) is 0 Å². The third-order valence-corrected chi connectivity index (χ3v) is 3.40. The highest BCUT2D eigenvalue weighted by molar-refractivity contribution is 5.75. The van der Waals surface area contributed by atoms with Crippen molar-refractivity contribution in [3.05, 3.63) is 35.9 Å². The normalized spacial score (nSPS) is 17.9. The molecule has 1 atom stereocenters. The van der Waals surface area contributed by atoms with Crippen LogP contribution in [0.3, 0.4) is 0 Å². The minimum atomic E-state index is -0.443. The second kappa shape index (κ2) is 5.82. The van der Waals surface area contributed by atoms with Gasteiger partial charge in [-0.1, -0.05) is 43.2 Å². The van der Waals surface area contributed by atoms with Crippen molar-refractivity contribution in [3.8, 4) is 0 Å². The van der Waals surface area contributed by atoms with E-state index >= 15 is 0 Å². The highest BCUT2D eigenvalue weighted by Crippen LogP contribution is 2.27. The van der Waals surface area contributed by atoms with E-state index in [2.05, 4.69) is 0 Å². The Labute approximate surface area is 102 Å². The lowest BCUT2D eigenvalue weighted by atomic mass is 9.99. The van der Waals surface area contributed by atoms with Crippen molar-refractivity contribution in [2.75, 3.05) is 0 Å². The summed E-state index contributed by atoms with van der Waals surface area (Å²) in [6.45, 7) is 0.320. The lowest BCUT2D eigenvalue weighted by molar-refractivity contribution is -0.147. The molecule has 0 aliphatic heterocycles. The Morgan fingerprint density at radius 3 is 2.59 bits per heavy atom. The van der Waals surface area contributed by atoms with Gasteiger partial charge in [-0.2, -0.15) is 0 Å². The van der Waals surface area contributed by atoms with E-state index in [9.17, 15) is 4.79 Å². The van der Waals surface area contributed by atoms with Crippen LogP contribution in [0.2, 0.25) is 0 Å². The van der Waals surface area contributed by atoms with E-state index in [-0.39, 0.29) is 5.97 Å². The number of hydrogen-bond donors (Lipinski definition) is 1. The molecule has 1 aliphatic carbocycles. The van der Waals surface area contributed by atoms with Gasteiger partial charge in [0, 0.05) is 0 Å². The Morgan fingerprint density at radius 2 is 1.94 bits per heavy atom. The third kappa shape index (κ3) is 3.30. The van der Waals surface area contributed by atoms with Crippen LogP contribution < -0.4 is 5.73 Å². The number of benzene rings is 1. The zero-order valence-electron chi connectivity index (χ0n) is 9.97. The predicted molar refractivity (Wildman–Crippen MR) is 66.2 cm³/mol. The highest BCUT2D eigenvalue weighted by atomic mass is 16.5.